The molecule has 1 heterocycles. The Bertz CT molecular complexity index is 659. The van der Waals surface area contributed by atoms with E-state index in [0.29, 0.717) is 0 Å². The molecule has 0 aliphatic carbocycles. The van der Waals surface area contributed by atoms with Crippen molar-refractivity contribution in [1.29, 1.82) is 0 Å². The minimum absolute atomic E-state index is 0.0405. The fraction of sp³-hybridized carbons (Fsp3) is 0. The van der Waals surface area contributed by atoms with E-state index in [9.17, 15) is 12.8 Å². The molecule has 94 valence electrons. The van der Waals surface area contributed by atoms with Gasteiger partial charge in [-0.05, 0) is 30.3 Å². The van der Waals surface area contributed by atoms with Crippen LogP contribution in [0.1, 0.15) is 0 Å². The molecule has 0 unspecified atom stereocenters. The van der Waals surface area contributed by atoms with Crippen molar-refractivity contribution in [3.8, 4) is 0 Å². The number of aromatic nitrogens is 1. The predicted molar refractivity (Wildman–Crippen MR) is 65.9 cm³/mol. The zero-order valence-electron chi connectivity index (χ0n) is 9.17. The highest BCUT2D eigenvalue weighted by atomic mass is 32.2. The number of benzene rings is 1. The second-order valence-electron chi connectivity index (χ2n) is 3.53. The van der Waals surface area contributed by atoms with Crippen LogP contribution in [-0.4, -0.2) is 13.4 Å². The fourth-order valence-corrected chi connectivity index (χ4v) is 2.35. The predicted octanol–water partition coefficient (Wildman–Crippen LogP) is 1.60. The van der Waals surface area contributed by atoms with Crippen molar-refractivity contribution in [1.82, 2.24) is 4.98 Å². The Hall–Kier alpha value is -2.15. The van der Waals surface area contributed by atoms with Crippen molar-refractivity contribution in [2.24, 2.45) is 0 Å². The number of halogens is 1. The highest BCUT2D eigenvalue weighted by Crippen LogP contribution is 2.20. The van der Waals surface area contributed by atoms with Crippen LogP contribution in [0.25, 0.3) is 0 Å². The third-order valence-electron chi connectivity index (χ3n) is 2.18. The number of nitrogens with zero attached hydrogens (tertiary/aromatic N) is 1. The van der Waals surface area contributed by atoms with Gasteiger partial charge in [-0.2, -0.15) is 0 Å². The van der Waals surface area contributed by atoms with Crippen LogP contribution in [-0.2, 0) is 10.0 Å². The van der Waals surface area contributed by atoms with Gasteiger partial charge in [0.2, 0.25) is 0 Å². The topological polar surface area (TPSA) is 85.1 Å². The maximum atomic E-state index is 13.5. The minimum Gasteiger partial charge on any atom is -0.399 e. The van der Waals surface area contributed by atoms with E-state index in [1.807, 2.05) is 0 Å². The van der Waals surface area contributed by atoms with Crippen LogP contribution in [0.5, 0.6) is 0 Å². The molecule has 0 radical (unpaired) electrons. The number of hydrogen-bond donors (Lipinski definition) is 2. The van der Waals surface area contributed by atoms with Gasteiger partial charge in [-0.25, -0.2) is 12.8 Å². The molecule has 0 aliphatic heterocycles. The highest BCUT2D eigenvalue weighted by molar-refractivity contribution is 7.92. The first kappa shape index (κ1) is 12.3. The van der Waals surface area contributed by atoms with Gasteiger partial charge in [-0.1, -0.05) is 0 Å². The molecule has 18 heavy (non-hydrogen) atoms. The second kappa shape index (κ2) is 4.61. The number of rotatable bonds is 3. The van der Waals surface area contributed by atoms with E-state index in [0.717, 1.165) is 6.07 Å². The van der Waals surface area contributed by atoms with Crippen molar-refractivity contribution in [3.63, 3.8) is 0 Å². The van der Waals surface area contributed by atoms with Crippen molar-refractivity contribution < 1.29 is 12.8 Å². The lowest BCUT2D eigenvalue weighted by Gasteiger charge is -2.08. The van der Waals surface area contributed by atoms with Crippen LogP contribution in [0.15, 0.2) is 47.6 Å². The molecule has 0 saturated heterocycles. The Morgan fingerprint density at radius 1 is 1.28 bits per heavy atom. The normalized spacial score (nSPS) is 11.2. The lowest BCUT2D eigenvalue weighted by Crippen LogP contribution is -2.14. The lowest BCUT2D eigenvalue weighted by molar-refractivity contribution is 0.598. The third kappa shape index (κ3) is 2.57. The number of pyridine rings is 1. The number of sulfonamides is 1. The molecular formula is C11H10FN3O2S. The molecule has 0 bridgehead atoms. The van der Waals surface area contributed by atoms with Crippen LogP contribution in [0.4, 0.5) is 15.8 Å². The van der Waals surface area contributed by atoms with Crippen molar-refractivity contribution in [3.05, 3.63) is 48.5 Å². The maximum absolute atomic E-state index is 13.5. The Morgan fingerprint density at radius 3 is 2.67 bits per heavy atom. The van der Waals surface area contributed by atoms with E-state index in [1.165, 1.54) is 36.7 Å². The molecule has 5 nitrogen and oxygen atoms in total. The second-order valence-corrected chi connectivity index (χ2v) is 5.22. The molecule has 2 rings (SSSR count). The van der Waals surface area contributed by atoms with E-state index in [2.05, 4.69) is 9.71 Å². The molecule has 0 aliphatic rings. The summed E-state index contributed by atoms with van der Waals surface area (Å²) in [6.45, 7) is 0. The maximum Gasteiger partial charge on any atom is 0.263 e. The van der Waals surface area contributed by atoms with Gasteiger partial charge >= 0.3 is 0 Å². The summed E-state index contributed by atoms with van der Waals surface area (Å²) in [4.78, 5) is 3.66. The van der Waals surface area contributed by atoms with E-state index < -0.39 is 15.8 Å². The van der Waals surface area contributed by atoms with Gasteiger partial charge in [0.15, 0.2) is 0 Å². The van der Waals surface area contributed by atoms with Crippen LogP contribution >= 0.6 is 0 Å². The first-order chi connectivity index (χ1) is 8.49. The summed E-state index contributed by atoms with van der Waals surface area (Å²) >= 11 is 0. The molecule has 0 amide bonds. The van der Waals surface area contributed by atoms with Crippen LogP contribution in [0.2, 0.25) is 0 Å². The number of nitrogens with one attached hydrogen (secondary N) is 1. The number of hydrogen-bond acceptors (Lipinski definition) is 4. The molecule has 0 atom stereocenters. The average Bonchev–Trinajstić information content (AvgIpc) is 2.34. The summed E-state index contributed by atoms with van der Waals surface area (Å²) in [5.41, 5.74) is 5.44. The van der Waals surface area contributed by atoms with E-state index in [1.54, 1.807) is 0 Å². The van der Waals surface area contributed by atoms with Crippen LogP contribution < -0.4 is 10.5 Å². The Morgan fingerprint density at radius 2 is 2.06 bits per heavy atom. The molecule has 1 aromatic heterocycles. The molecule has 0 spiro atoms. The molecule has 1 aromatic carbocycles. The van der Waals surface area contributed by atoms with Crippen molar-refractivity contribution in [2.45, 2.75) is 4.90 Å². The third-order valence-corrected chi connectivity index (χ3v) is 3.53. The highest BCUT2D eigenvalue weighted by Gasteiger charge is 2.16. The first-order valence-corrected chi connectivity index (χ1v) is 6.45. The monoisotopic (exact) mass is 267 g/mol. The van der Waals surface area contributed by atoms with Gasteiger partial charge in [0.05, 0.1) is 5.69 Å². The standard InChI is InChI=1S/C11H10FN3O2S/c12-10-6-8(13)3-4-11(10)15-18(16,17)9-2-1-5-14-7-9/h1-7,15H,13H2. The Labute approximate surface area is 104 Å². The summed E-state index contributed by atoms with van der Waals surface area (Å²) in [6, 6.07) is 6.56. The molecule has 7 heteroatoms. The SMILES string of the molecule is Nc1ccc(NS(=O)(=O)c2cccnc2)c(F)c1. The number of nitrogen functional groups attached to an aromatic ring is 1. The first-order valence-electron chi connectivity index (χ1n) is 4.97. The van der Waals surface area contributed by atoms with Gasteiger partial charge in [0.25, 0.3) is 10.0 Å². The van der Waals surface area contributed by atoms with Gasteiger partial charge in [0.1, 0.15) is 10.7 Å². The number of nitrogens with two attached hydrogens (primary N) is 1. The smallest absolute Gasteiger partial charge is 0.263 e. The van der Waals surface area contributed by atoms with Crippen molar-refractivity contribution in [2.75, 3.05) is 10.5 Å². The zero-order valence-corrected chi connectivity index (χ0v) is 9.99. The summed E-state index contributed by atoms with van der Waals surface area (Å²) in [6.07, 6.45) is 2.63. The molecule has 2 aromatic rings. The van der Waals surface area contributed by atoms with Gasteiger partial charge in [0, 0.05) is 18.1 Å². The molecule has 0 fully saturated rings. The van der Waals surface area contributed by atoms with E-state index in [4.69, 9.17) is 5.73 Å². The van der Waals surface area contributed by atoms with E-state index in [-0.39, 0.29) is 16.3 Å². The largest absolute Gasteiger partial charge is 0.399 e. The lowest BCUT2D eigenvalue weighted by atomic mass is 10.3. The molecular weight excluding hydrogens is 257 g/mol. The number of anilines is 2. The van der Waals surface area contributed by atoms with Crippen LogP contribution in [0.3, 0.4) is 0 Å². The quantitative estimate of drug-likeness (QED) is 0.827. The molecule has 0 saturated carbocycles. The van der Waals surface area contributed by atoms with Gasteiger partial charge in [-0.15, -0.1) is 0 Å². The molecule has 3 N–H and O–H groups in total. The summed E-state index contributed by atoms with van der Waals surface area (Å²) < 4.78 is 39.4. The van der Waals surface area contributed by atoms with Crippen LogP contribution in [0, 0.1) is 5.82 Å². The Balaban J connectivity index is 2.34. The van der Waals surface area contributed by atoms with Gasteiger partial charge in [-0.3, -0.25) is 9.71 Å². The Kier molecular flexibility index (Phi) is 3.15. The fourth-order valence-electron chi connectivity index (χ4n) is 1.32. The zero-order chi connectivity index (χ0) is 13.2. The van der Waals surface area contributed by atoms with Crippen molar-refractivity contribution >= 4 is 21.4 Å². The summed E-state index contributed by atoms with van der Waals surface area (Å²) in [5, 5.41) is 0. The minimum atomic E-state index is -3.84. The van der Waals surface area contributed by atoms with Gasteiger partial charge < -0.3 is 5.73 Å². The average molecular weight is 267 g/mol. The van der Waals surface area contributed by atoms with E-state index >= 15 is 0 Å². The summed E-state index contributed by atoms with van der Waals surface area (Å²) in [5.74, 6) is -0.734. The summed E-state index contributed by atoms with van der Waals surface area (Å²) in [7, 11) is -3.84.